The van der Waals surface area contributed by atoms with Crippen molar-refractivity contribution < 1.29 is 4.79 Å². The molecule has 0 spiro atoms. The molecule has 7 heteroatoms. The van der Waals surface area contributed by atoms with Crippen LogP contribution >= 0.6 is 0 Å². The number of pyridine rings is 2. The van der Waals surface area contributed by atoms with E-state index in [1.165, 1.54) is 0 Å². The number of amides is 1. The lowest BCUT2D eigenvalue weighted by atomic mass is 10.0. The molecule has 0 fully saturated rings. The van der Waals surface area contributed by atoms with E-state index in [0.29, 0.717) is 24.5 Å². The van der Waals surface area contributed by atoms with Crippen molar-refractivity contribution in [1.29, 1.82) is 0 Å². The zero-order valence-corrected chi connectivity index (χ0v) is 15.3. The molecule has 0 saturated heterocycles. The zero-order chi connectivity index (χ0) is 18.8. The smallest absolute Gasteiger partial charge is 0.254 e. The van der Waals surface area contributed by atoms with Crippen LogP contribution in [-0.4, -0.2) is 51.4 Å². The highest BCUT2D eigenvalue weighted by Gasteiger charge is 2.26. The van der Waals surface area contributed by atoms with Gasteiger partial charge >= 0.3 is 0 Å². The Kier molecular flexibility index (Phi) is 4.50. The van der Waals surface area contributed by atoms with Crippen molar-refractivity contribution in [2.24, 2.45) is 0 Å². The van der Waals surface area contributed by atoms with Crippen LogP contribution in [0.5, 0.6) is 0 Å². The molecule has 0 bridgehead atoms. The molecule has 7 nitrogen and oxygen atoms in total. The lowest BCUT2D eigenvalue weighted by Gasteiger charge is -2.30. The van der Waals surface area contributed by atoms with Gasteiger partial charge in [-0.15, -0.1) is 0 Å². The molecule has 0 aromatic carbocycles. The van der Waals surface area contributed by atoms with E-state index >= 15 is 0 Å². The van der Waals surface area contributed by atoms with Gasteiger partial charge in [0.1, 0.15) is 5.82 Å². The third-order valence-corrected chi connectivity index (χ3v) is 4.62. The van der Waals surface area contributed by atoms with Crippen LogP contribution in [0, 0.1) is 0 Å². The van der Waals surface area contributed by atoms with E-state index < -0.39 is 0 Å². The predicted octanol–water partition coefficient (Wildman–Crippen LogP) is 2.20. The molecular formula is C20H20N6O. The van der Waals surface area contributed by atoms with E-state index in [4.69, 9.17) is 9.97 Å². The van der Waals surface area contributed by atoms with E-state index in [2.05, 4.69) is 9.97 Å². The van der Waals surface area contributed by atoms with Gasteiger partial charge in [-0.05, 0) is 30.7 Å². The SMILES string of the molecule is CN(C)c1nc(-c2ccncc2)nc2c1CCN(C(=O)c1ccncc1)C2. The number of anilines is 1. The van der Waals surface area contributed by atoms with Gasteiger partial charge in [-0.3, -0.25) is 14.8 Å². The first-order valence-corrected chi connectivity index (χ1v) is 8.80. The second kappa shape index (κ2) is 7.11. The number of nitrogens with zero attached hydrogens (tertiary/aromatic N) is 6. The predicted molar refractivity (Wildman–Crippen MR) is 102 cm³/mol. The number of fused-ring (bicyclic) bond motifs is 1. The molecule has 0 N–H and O–H groups in total. The van der Waals surface area contributed by atoms with Crippen molar-refractivity contribution >= 4 is 11.7 Å². The Balaban J connectivity index is 1.71. The minimum Gasteiger partial charge on any atom is -0.362 e. The minimum atomic E-state index is -0.00136. The average molecular weight is 360 g/mol. The fourth-order valence-electron chi connectivity index (χ4n) is 3.26. The summed E-state index contributed by atoms with van der Waals surface area (Å²) in [5, 5.41) is 0. The first kappa shape index (κ1) is 17.1. The minimum absolute atomic E-state index is 0.00136. The van der Waals surface area contributed by atoms with Crippen LogP contribution < -0.4 is 4.90 Å². The molecule has 4 heterocycles. The van der Waals surface area contributed by atoms with Crippen molar-refractivity contribution in [3.63, 3.8) is 0 Å². The summed E-state index contributed by atoms with van der Waals surface area (Å²) in [6, 6.07) is 7.27. The molecule has 27 heavy (non-hydrogen) atoms. The van der Waals surface area contributed by atoms with Crippen LogP contribution in [0.2, 0.25) is 0 Å². The molecule has 1 aliphatic heterocycles. The Morgan fingerprint density at radius 2 is 1.67 bits per heavy atom. The van der Waals surface area contributed by atoms with Crippen LogP contribution in [0.4, 0.5) is 5.82 Å². The monoisotopic (exact) mass is 360 g/mol. The summed E-state index contributed by atoms with van der Waals surface area (Å²) in [4.78, 5) is 34.2. The van der Waals surface area contributed by atoms with Gasteiger partial charge in [0.15, 0.2) is 5.82 Å². The maximum Gasteiger partial charge on any atom is 0.254 e. The lowest BCUT2D eigenvalue weighted by molar-refractivity contribution is 0.0731. The van der Waals surface area contributed by atoms with Crippen LogP contribution in [-0.2, 0) is 13.0 Å². The number of carbonyl (C=O) groups excluding carboxylic acids is 1. The van der Waals surface area contributed by atoms with Crippen LogP contribution in [0.1, 0.15) is 21.6 Å². The Labute approximate surface area is 157 Å². The summed E-state index contributed by atoms with van der Waals surface area (Å²) in [5.41, 5.74) is 3.56. The van der Waals surface area contributed by atoms with Gasteiger partial charge in [0.05, 0.1) is 12.2 Å². The molecule has 0 aliphatic carbocycles. The van der Waals surface area contributed by atoms with Gasteiger partial charge in [-0.25, -0.2) is 9.97 Å². The molecule has 136 valence electrons. The highest BCUT2D eigenvalue weighted by molar-refractivity contribution is 5.94. The van der Waals surface area contributed by atoms with Crippen molar-refractivity contribution in [1.82, 2.24) is 24.8 Å². The Hall–Kier alpha value is -3.35. The largest absolute Gasteiger partial charge is 0.362 e. The number of carbonyl (C=O) groups is 1. The maximum absolute atomic E-state index is 12.8. The number of hydrogen-bond donors (Lipinski definition) is 0. The van der Waals surface area contributed by atoms with Crippen molar-refractivity contribution in [3.05, 3.63) is 65.9 Å². The molecule has 0 atom stereocenters. The molecular weight excluding hydrogens is 340 g/mol. The van der Waals surface area contributed by atoms with E-state index in [0.717, 1.165) is 29.1 Å². The fourth-order valence-corrected chi connectivity index (χ4v) is 3.26. The second-order valence-corrected chi connectivity index (χ2v) is 6.64. The molecule has 1 aliphatic rings. The van der Waals surface area contributed by atoms with Crippen molar-refractivity contribution in [3.8, 4) is 11.4 Å². The number of aromatic nitrogens is 4. The Morgan fingerprint density at radius 3 is 2.33 bits per heavy atom. The fraction of sp³-hybridized carbons (Fsp3) is 0.250. The van der Waals surface area contributed by atoms with E-state index in [1.807, 2.05) is 36.0 Å². The second-order valence-electron chi connectivity index (χ2n) is 6.64. The van der Waals surface area contributed by atoms with Gasteiger partial charge in [-0.2, -0.15) is 0 Å². The Bertz CT molecular complexity index is 959. The molecule has 0 unspecified atom stereocenters. The number of rotatable bonds is 3. The van der Waals surface area contributed by atoms with Crippen LogP contribution in [0.25, 0.3) is 11.4 Å². The quantitative estimate of drug-likeness (QED) is 0.713. The van der Waals surface area contributed by atoms with Gasteiger partial charge in [-0.1, -0.05) is 0 Å². The van der Waals surface area contributed by atoms with E-state index in [1.54, 1.807) is 36.9 Å². The zero-order valence-electron chi connectivity index (χ0n) is 15.3. The summed E-state index contributed by atoms with van der Waals surface area (Å²) >= 11 is 0. The molecule has 1 amide bonds. The highest BCUT2D eigenvalue weighted by Crippen LogP contribution is 2.29. The lowest BCUT2D eigenvalue weighted by Crippen LogP contribution is -2.37. The average Bonchev–Trinajstić information content (AvgIpc) is 2.73. The molecule has 0 radical (unpaired) electrons. The third kappa shape index (κ3) is 3.36. The van der Waals surface area contributed by atoms with E-state index in [-0.39, 0.29) is 5.91 Å². The molecule has 3 aromatic rings. The van der Waals surface area contributed by atoms with Gasteiger partial charge in [0.25, 0.3) is 5.91 Å². The first-order valence-electron chi connectivity index (χ1n) is 8.80. The summed E-state index contributed by atoms with van der Waals surface area (Å²) in [7, 11) is 3.96. The normalized spacial score (nSPS) is 13.2. The van der Waals surface area contributed by atoms with Crippen LogP contribution in [0.3, 0.4) is 0 Å². The summed E-state index contributed by atoms with van der Waals surface area (Å²) in [6.07, 6.45) is 7.47. The summed E-state index contributed by atoms with van der Waals surface area (Å²) in [5.74, 6) is 1.56. The topological polar surface area (TPSA) is 75.1 Å². The van der Waals surface area contributed by atoms with E-state index in [9.17, 15) is 4.79 Å². The summed E-state index contributed by atoms with van der Waals surface area (Å²) in [6.45, 7) is 1.12. The molecule has 3 aromatic heterocycles. The highest BCUT2D eigenvalue weighted by atomic mass is 16.2. The third-order valence-electron chi connectivity index (χ3n) is 4.62. The van der Waals surface area contributed by atoms with Crippen LogP contribution in [0.15, 0.2) is 49.1 Å². The summed E-state index contributed by atoms with van der Waals surface area (Å²) < 4.78 is 0. The van der Waals surface area contributed by atoms with Crippen molar-refractivity contribution in [2.45, 2.75) is 13.0 Å². The first-order chi connectivity index (χ1) is 13.1. The van der Waals surface area contributed by atoms with Gasteiger partial charge in [0.2, 0.25) is 0 Å². The standard InChI is InChI=1S/C20H20N6O/c1-25(2)19-16-7-12-26(20(27)15-5-10-22-11-6-15)13-17(16)23-18(24-19)14-3-8-21-9-4-14/h3-6,8-11H,7,12-13H2,1-2H3. The van der Waals surface area contributed by atoms with Gasteiger partial charge in [0, 0.05) is 62.1 Å². The van der Waals surface area contributed by atoms with Gasteiger partial charge < -0.3 is 9.80 Å². The van der Waals surface area contributed by atoms with Crippen molar-refractivity contribution in [2.75, 3.05) is 25.5 Å². The maximum atomic E-state index is 12.8. The molecule has 4 rings (SSSR count). The molecule has 0 saturated carbocycles. The Morgan fingerprint density at radius 1 is 1.00 bits per heavy atom. The number of hydrogen-bond acceptors (Lipinski definition) is 6.